The second-order valence-corrected chi connectivity index (χ2v) is 8.75. The molecule has 3 rings (SSSR count). The van der Waals surface area contributed by atoms with E-state index in [1.165, 1.54) is 11.3 Å². The van der Waals surface area contributed by atoms with Gasteiger partial charge in [-0.25, -0.2) is 0 Å². The summed E-state index contributed by atoms with van der Waals surface area (Å²) >= 11 is 13.8. The number of carbonyl (C=O) groups excluding carboxylic acids is 1. The van der Waals surface area contributed by atoms with Gasteiger partial charge in [0, 0.05) is 26.1 Å². The smallest absolute Gasteiger partial charge is 0.263 e. The van der Waals surface area contributed by atoms with Gasteiger partial charge >= 0.3 is 0 Å². The number of benzene rings is 1. The highest BCUT2D eigenvalue weighted by atomic mass is 35.5. The molecule has 1 fully saturated rings. The molecule has 1 aliphatic rings. The molecule has 1 aromatic heterocycles. The minimum Gasteiger partial charge on any atom is -0.353 e. The first-order valence-electron chi connectivity index (χ1n) is 9.51. The Balaban J connectivity index is 1.66. The Morgan fingerprint density at radius 1 is 1.32 bits per heavy atom. The van der Waals surface area contributed by atoms with Crippen LogP contribution in [0.1, 0.15) is 46.8 Å². The zero-order valence-electron chi connectivity index (χ0n) is 15.9. The van der Waals surface area contributed by atoms with Gasteiger partial charge in [0.05, 0.1) is 21.5 Å². The summed E-state index contributed by atoms with van der Waals surface area (Å²) in [5.41, 5.74) is 1.05. The van der Waals surface area contributed by atoms with Crippen molar-refractivity contribution in [3.8, 4) is 0 Å². The van der Waals surface area contributed by atoms with Crippen molar-refractivity contribution in [2.45, 2.75) is 37.9 Å². The van der Waals surface area contributed by atoms with Crippen molar-refractivity contribution < 1.29 is 14.3 Å². The number of likely N-dealkylation sites (N-methyl/N-ethyl adjacent to an activating group) is 1. The van der Waals surface area contributed by atoms with Gasteiger partial charge in [0.1, 0.15) is 0 Å². The molecule has 0 radical (unpaired) electrons. The number of rotatable bonds is 8. The van der Waals surface area contributed by atoms with E-state index in [0.717, 1.165) is 42.7 Å². The largest absolute Gasteiger partial charge is 0.353 e. The Labute approximate surface area is 180 Å². The van der Waals surface area contributed by atoms with Gasteiger partial charge in [-0.1, -0.05) is 35.3 Å². The van der Waals surface area contributed by atoms with E-state index >= 15 is 0 Å². The highest BCUT2D eigenvalue weighted by Crippen LogP contribution is 2.29. The van der Waals surface area contributed by atoms with Gasteiger partial charge in [-0.15, -0.1) is 11.3 Å². The highest BCUT2D eigenvalue weighted by molar-refractivity contribution is 7.12. The van der Waals surface area contributed by atoms with Crippen LogP contribution in [0.3, 0.4) is 0 Å². The third-order valence-electron chi connectivity index (χ3n) is 4.90. The van der Waals surface area contributed by atoms with Crippen molar-refractivity contribution >= 4 is 40.4 Å². The molecule has 28 heavy (non-hydrogen) atoms. The van der Waals surface area contributed by atoms with E-state index in [1.54, 1.807) is 11.0 Å². The number of hydrogen-bond donors (Lipinski definition) is 0. The molecule has 0 bridgehead atoms. The molecule has 2 heterocycles. The van der Waals surface area contributed by atoms with E-state index in [1.807, 2.05) is 36.7 Å². The van der Waals surface area contributed by atoms with Crippen LogP contribution >= 0.6 is 34.5 Å². The third kappa shape index (κ3) is 5.94. The molecule has 1 saturated heterocycles. The van der Waals surface area contributed by atoms with Crippen LogP contribution in [0.15, 0.2) is 35.7 Å². The fourth-order valence-corrected chi connectivity index (χ4v) is 4.34. The van der Waals surface area contributed by atoms with Gasteiger partial charge in [0.15, 0.2) is 6.29 Å². The predicted molar refractivity (Wildman–Crippen MR) is 115 cm³/mol. The van der Waals surface area contributed by atoms with Crippen molar-refractivity contribution in [1.29, 1.82) is 0 Å². The van der Waals surface area contributed by atoms with Crippen molar-refractivity contribution in [2.75, 3.05) is 26.8 Å². The standard InChI is InChI=1S/C21H25Cl2NO3S/c1-24(21(25)19-5-4-12-28-19)14-16(15-7-8-17(22)18(23)13-15)9-11-27-20-6-2-3-10-26-20/h4-5,7-8,12-13,16,20H,2-3,6,9-11,14H2,1H3. The summed E-state index contributed by atoms with van der Waals surface area (Å²) in [6, 6.07) is 9.40. The van der Waals surface area contributed by atoms with Gasteiger partial charge in [0.2, 0.25) is 0 Å². The van der Waals surface area contributed by atoms with Crippen molar-refractivity contribution in [1.82, 2.24) is 4.90 Å². The molecular weight excluding hydrogens is 417 g/mol. The van der Waals surface area contributed by atoms with E-state index in [2.05, 4.69) is 0 Å². The monoisotopic (exact) mass is 441 g/mol. The van der Waals surface area contributed by atoms with Gasteiger partial charge < -0.3 is 14.4 Å². The van der Waals surface area contributed by atoms with E-state index in [-0.39, 0.29) is 18.1 Å². The molecule has 1 amide bonds. The molecule has 152 valence electrons. The van der Waals surface area contributed by atoms with Crippen LogP contribution in [-0.2, 0) is 9.47 Å². The number of carbonyl (C=O) groups is 1. The summed E-state index contributed by atoms with van der Waals surface area (Å²) in [7, 11) is 1.83. The SMILES string of the molecule is CN(CC(CCOC1CCCCO1)c1ccc(Cl)c(Cl)c1)C(=O)c1cccs1. The molecule has 2 atom stereocenters. The fourth-order valence-electron chi connectivity index (χ4n) is 3.32. The Hall–Kier alpha value is -1.11. The lowest BCUT2D eigenvalue weighted by molar-refractivity contribution is -0.163. The minimum absolute atomic E-state index is 0.0246. The van der Waals surface area contributed by atoms with Gasteiger partial charge in [-0.05, 0) is 54.8 Å². The number of nitrogens with zero attached hydrogens (tertiary/aromatic N) is 1. The minimum atomic E-state index is -0.117. The number of halogens is 2. The second-order valence-electron chi connectivity index (χ2n) is 6.99. The van der Waals surface area contributed by atoms with Crippen LogP contribution in [0.25, 0.3) is 0 Å². The molecule has 4 nitrogen and oxygen atoms in total. The fraction of sp³-hybridized carbons (Fsp3) is 0.476. The number of hydrogen-bond acceptors (Lipinski definition) is 4. The van der Waals surface area contributed by atoms with Crippen LogP contribution in [0, 0.1) is 0 Å². The molecule has 1 aromatic carbocycles. The topological polar surface area (TPSA) is 38.8 Å². The third-order valence-corrected chi connectivity index (χ3v) is 6.49. The van der Waals surface area contributed by atoms with Gasteiger partial charge in [-0.2, -0.15) is 0 Å². The molecule has 1 aliphatic heterocycles. The Kier molecular flexibility index (Phi) is 8.18. The predicted octanol–water partition coefficient (Wildman–Crippen LogP) is 5.84. The molecule has 2 unspecified atom stereocenters. The van der Waals surface area contributed by atoms with Crippen molar-refractivity contribution in [3.63, 3.8) is 0 Å². The van der Waals surface area contributed by atoms with Crippen LogP contribution in [0.4, 0.5) is 0 Å². The first-order chi connectivity index (χ1) is 13.5. The van der Waals surface area contributed by atoms with Crippen molar-refractivity contribution in [3.05, 3.63) is 56.2 Å². The Morgan fingerprint density at radius 3 is 2.86 bits per heavy atom. The van der Waals surface area contributed by atoms with Crippen molar-refractivity contribution in [2.24, 2.45) is 0 Å². The first kappa shape index (κ1) is 21.6. The summed E-state index contributed by atoms with van der Waals surface area (Å²) in [5.74, 6) is 0.115. The average molecular weight is 442 g/mol. The van der Waals surface area contributed by atoms with Gasteiger partial charge in [-0.3, -0.25) is 4.79 Å². The maximum atomic E-state index is 12.7. The second kappa shape index (κ2) is 10.6. The number of amides is 1. The lowest BCUT2D eigenvalue weighted by Gasteiger charge is -2.27. The zero-order valence-corrected chi connectivity index (χ0v) is 18.2. The van der Waals surface area contributed by atoms with Crippen LogP contribution in [0.2, 0.25) is 10.0 Å². The number of thiophene rings is 1. The van der Waals surface area contributed by atoms with E-state index in [9.17, 15) is 4.79 Å². The maximum absolute atomic E-state index is 12.7. The van der Waals surface area contributed by atoms with E-state index < -0.39 is 0 Å². The van der Waals surface area contributed by atoms with Crippen LogP contribution < -0.4 is 0 Å². The molecule has 0 spiro atoms. The Morgan fingerprint density at radius 2 is 2.18 bits per heavy atom. The van der Waals surface area contributed by atoms with Crippen LogP contribution in [-0.4, -0.2) is 43.9 Å². The summed E-state index contributed by atoms with van der Waals surface area (Å²) in [6.07, 6.45) is 3.82. The van der Waals surface area contributed by atoms with E-state index in [0.29, 0.717) is 23.2 Å². The molecule has 0 aliphatic carbocycles. The number of ether oxygens (including phenoxy) is 2. The quantitative estimate of drug-likeness (QED) is 0.515. The summed E-state index contributed by atoms with van der Waals surface area (Å²) in [6.45, 7) is 1.90. The van der Waals surface area contributed by atoms with Gasteiger partial charge in [0.25, 0.3) is 5.91 Å². The molecule has 0 saturated carbocycles. The normalized spacial score (nSPS) is 18.0. The summed E-state index contributed by atoms with van der Waals surface area (Å²) < 4.78 is 11.6. The molecule has 0 N–H and O–H groups in total. The van der Waals surface area contributed by atoms with Crippen LogP contribution in [0.5, 0.6) is 0 Å². The van der Waals surface area contributed by atoms with E-state index in [4.69, 9.17) is 32.7 Å². The highest BCUT2D eigenvalue weighted by Gasteiger charge is 2.21. The summed E-state index contributed by atoms with van der Waals surface area (Å²) in [5, 5.41) is 2.96. The lowest BCUT2D eigenvalue weighted by Crippen LogP contribution is -2.31. The maximum Gasteiger partial charge on any atom is 0.263 e. The molecule has 2 aromatic rings. The average Bonchev–Trinajstić information content (AvgIpc) is 3.24. The molecular formula is C21H25Cl2NO3S. The summed E-state index contributed by atoms with van der Waals surface area (Å²) in [4.78, 5) is 15.2. The molecule has 7 heteroatoms. The first-order valence-corrected chi connectivity index (χ1v) is 11.2. The lowest BCUT2D eigenvalue weighted by atomic mass is 9.95. The Bertz CT molecular complexity index is 763. The zero-order chi connectivity index (χ0) is 19.9.